The molecule has 532 valence electrons. The van der Waals surface area contributed by atoms with Crippen molar-refractivity contribution in [3.05, 3.63) is 389 Å². The maximum absolute atomic E-state index is 6.26. The monoisotopic (exact) mass is 1460 g/mol. The summed E-state index contributed by atoms with van der Waals surface area (Å²) in [4.78, 5) is 19.9. The summed E-state index contributed by atoms with van der Waals surface area (Å²) in [5, 5.41) is 11.6. The summed E-state index contributed by atoms with van der Waals surface area (Å²) in [6, 6.07) is 134. The second kappa shape index (κ2) is 26.1. The van der Waals surface area contributed by atoms with Crippen molar-refractivity contribution in [2.45, 2.75) is 0 Å². The lowest BCUT2D eigenvalue weighted by Crippen LogP contribution is -1.93. The second-order valence-electron chi connectivity index (χ2n) is 29.3. The van der Waals surface area contributed by atoms with Crippen LogP contribution in [-0.2, 0) is 0 Å². The molecule has 114 heavy (non-hydrogen) atoms. The molecule has 0 spiro atoms. The van der Waals surface area contributed by atoms with Gasteiger partial charge in [-0.1, -0.05) is 218 Å². The van der Waals surface area contributed by atoms with Crippen molar-refractivity contribution in [3.8, 4) is 89.8 Å². The second-order valence-corrected chi connectivity index (χ2v) is 29.3. The van der Waals surface area contributed by atoms with Gasteiger partial charge in [-0.2, -0.15) is 0 Å². The third-order valence-electron chi connectivity index (χ3n) is 22.8. The molecule has 0 unspecified atom stereocenters. The Morgan fingerprint density at radius 3 is 0.772 bits per heavy atom. The van der Waals surface area contributed by atoms with Gasteiger partial charge >= 0.3 is 0 Å². The zero-order valence-corrected chi connectivity index (χ0v) is 61.3. The number of benzene rings is 16. The van der Waals surface area contributed by atoms with E-state index >= 15 is 0 Å². The van der Waals surface area contributed by atoms with Crippen molar-refractivity contribution in [2.75, 3.05) is 0 Å². The first-order valence-electron chi connectivity index (χ1n) is 38.5. The Morgan fingerprint density at radius 2 is 0.430 bits per heavy atom. The molecule has 0 aliphatic carbocycles. The number of aromatic nitrogens is 8. The Morgan fingerprint density at radius 1 is 0.184 bits per heavy atom. The predicted molar refractivity (Wildman–Crippen MR) is 469 cm³/mol. The Bertz CT molecular complexity index is 7520. The van der Waals surface area contributed by atoms with E-state index in [1.807, 2.05) is 24.5 Å². The molecule has 0 radical (unpaired) electrons. The quantitative estimate of drug-likeness (QED) is 0.135. The van der Waals surface area contributed by atoms with Gasteiger partial charge in [0, 0.05) is 87.7 Å². The molecule has 24 aromatic rings. The Balaban J connectivity index is 0.000000138. The summed E-state index contributed by atoms with van der Waals surface area (Å²) in [5.41, 5.74) is 30.8. The first-order chi connectivity index (χ1) is 56.5. The van der Waals surface area contributed by atoms with Gasteiger partial charge in [-0.3, -0.25) is 0 Å². The molecule has 24 rings (SSSR count). The molecule has 0 saturated heterocycles. The smallest absolute Gasteiger partial charge is 0.246 e. The van der Waals surface area contributed by atoms with Gasteiger partial charge in [0.15, 0.2) is 0 Å². The Labute approximate surface area is 652 Å². The molecule has 8 heterocycles. The lowest BCUT2D eigenvalue weighted by atomic mass is 9.97. The summed E-state index contributed by atoms with van der Waals surface area (Å²) in [5.74, 6) is 0. The molecule has 0 aliphatic heterocycles. The number of para-hydroxylation sites is 8. The van der Waals surface area contributed by atoms with E-state index in [0.717, 1.165) is 123 Å². The molecule has 0 fully saturated rings. The van der Waals surface area contributed by atoms with Crippen LogP contribution in [0.5, 0.6) is 0 Å². The highest BCUT2D eigenvalue weighted by atomic mass is 16.3. The molecule has 0 aliphatic rings. The number of hydrogen-bond donors (Lipinski definition) is 0. The Kier molecular flexibility index (Phi) is 14.8. The maximum atomic E-state index is 6.26. The third kappa shape index (κ3) is 10.6. The fourth-order valence-electron chi connectivity index (χ4n) is 17.5. The molecule has 0 N–H and O–H groups in total. The molecule has 0 atom stereocenters. The lowest BCUT2D eigenvalue weighted by Gasteiger charge is -2.09. The summed E-state index contributed by atoms with van der Waals surface area (Å²) in [6.45, 7) is 0. The third-order valence-corrected chi connectivity index (χ3v) is 22.8. The van der Waals surface area contributed by atoms with E-state index in [1.165, 1.54) is 87.3 Å². The minimum absolute atomic E-state index is 0.527. The molecule has 10 nitrogen and oxygen atoms in total. The van der Waals surface area contributed by atoms with Crippen molar-refractivity contribution in [2.24, 2.45) is 0 Å². The lowest BCUT2D eigenvalue weighted by molar-refractivity contribution is 0.652. The van der Waals surface area contributed by atoms with Gasteiger partial charge in [0.1, 0.15) is 22.2 Å². The number of fused-ring (bicyclic) bond motifs is 18. The predicted octanol–water partition coefficient (Wildman–Crippen LogP) is 27.1. The summed E-state index contributed by atoms with van der Waals surface area (Å²) >= 11 is 0. The van der Waals surface area contributed by atoms with E-state index in [9.17, 15) is 0 Å². The van der Waals surface area contributed by atoms with Gasteiger partial charge in [-0.05, 0) is 202 Å². The maximum Gasteiger partial charge on any atom is 0.246 e. The van der Waals surface area contributed by atoms with Gasteiger partial charge in [0.05, 0.1) is 67.9 Å². The minimum atomic E-state index is 0.527. The van der Waals surface area contributed by atoms with Gasteiger partial charge in [-0.25, -0.2) is 19.9 Å². The number of nitrogens with zero attached hydrogens (tertiary/aromatic N) is 8. The fraction of sp³-hybridized carbons (Fsp3) is 0. The van der Waals surface area contributed by atoms with Crippen LogP contribution in [0, 0.1) is 0 Å². The SMILES string of the molecule is c1ccc(-n2c3ccccc3c3cc(-c4ccc5oc6ncc(-c7ccc8c(c7)c7ccccc7n8-c7ccccc7)nc6c5c4)ccc32)cc1.c1ccc(-n2c3ccccc3c3cc(-c4cccc(-c5ccc6oc7ncc(-c8cccc(-c9ccc%10c(c9)c9ccccc9n%10-c9ccccc9)c8)nc7c6c5)c4)ccc32)cc1. The zero-order valence-electron chi connectivity index (χ0n) is 61.3. The summed E-state index contributed by atoms with van der Waals surface area (Å²) in [6.07, 6.45) is 3.64. The molecule has 16 aromatic carbocycles. The van der Waals surface area contributed by atoms with Gasteiger partial charge in [0.25, 0.3) is 0 Å². The van der Waals surface area contributed by atoms with E-state index in [4.69, 9.17) is 28.8 Å². The van der Waals surface area contributed by atoms with Crippen molar-refractivity contribution >= 4 is 132 Å². The van der Waals surface area contributed by atoms with E-state index in [0.29, 0.717) is 11.4 Å². The first-order valence-corrected chi connectivity index (χ1v) is 38.5. The van der Waals surface area contributed by atoms with E-state index < -0.39 is 0 Å². The van der Waals surface area contributed by atoms with Crippen LogP contribution in [-0.4, -0.2) is 38.2 Å². The largest absolute Gasteiger partial charge is 0.436 e. The van der Waals surface area contributed by atoms with Crippen LogP contribution in [0.4, 0.5) is 0 Å². The van der Waals surface area contributed by atoms with E-state index in [2.05, 4.69) is 382 Å². The van der Waals surface area contributed by atoms with Crippen molar-refractivity contribution in [1.82, 2.24) is 38.2 Å². The topological polar surface area (TPSA) is 97.6 Å². The van der Waals surface area contributed by atoms with E-state index in [1.54, 1.807) is 0 Å². The number of furan rings is 2. The molecular weight excluding hydrogens is 1390 g/mol. The zero-order chi connectivity index (χ0) is 74.9. The normalized spacial score (nSPS) is 11.9. The standard InChI is InChI=1S/C58H36N4O.C46H28N4O/c1-3-17-44(18-4-1)61-52-23-9-7-21-46(52)48-33-40(25-28-54(48)61)37-13-11-14-38(31-37)42-27-30-56-50(35-42)57-58(63-56)59-36-51(60-57)43-16-12-15-39(32-43)41-26-29-55-49(34-41)47-22-8-10-24-53(47)62(55)45-19-5-2-6-20-45;1-3-11-32(12-4-1)49-40-17-9-7-15-34(40)36-25-29(19-22-42(36)49)30-21-24-44-38(26-30)45-46(51-44)47-28-39(48-45)31-20-23-43-37(27-31)35-16-8-10-18-41(35)50(43)33-13-5-2-6-14-33/h1-36H;1-28H. The summed E-state index contributed by atoms with van der Waals surface area (Å²) in [7, 11) is 0. The van der Waals surface area contributed by atoms with Crippen LogP contribution in [0.1, 0.15) is 0 Å². The summed E-state index contributed by atoms with van der Waals surface area (Å²) < 4.78 is 21.8. The van der Waals surface area contributed by atoms with Crippen LogP contribution in [0.15, 0.2) is 397 Å². The highest BCUT2D eigenvalue weighted by molar-refractivity contribution is 6.15. The average molecular weight is 1460 g/mol. The van der Waals surface area contributed by atoms with Crippen molar-refractivity contribution < 1.29 is 8.83 Å². The molecule has 0 saturated carbocycles. The van der Waals surface area contributed by atoms with Crippen LogP contribution in [0.2, 0.25) is 0 Å². The average Bonchev–Trinajstić information content (AvgIpc) is 1.61. The van der Waals surface area contributed by atoms with E-state index in [-0.39, 0.29) is 0 Å². The molecule has 0 bridgehead atoms. The van der Waals surface area contributed by atoms with Crippen LogP contribution < -0.4 is 0 Å². The van der Waals surface area contributed by atoms with Crippen LogP contribution in [0.3, 0.4) is 0 Å². The molecular formula is C104H64N8O2. The minimum Gasteiger partial charge on any atom is -0.436 e. The van der Waals surface area contributed by atoms with Crippen molar-refractivity contribution in [3.63, 3.8) is 0 Å². The van der Waals surface area contributed by atoms with Crippen LogP contribution in [0.25, 0.3) is 221 Å². The highest BCUT2D eigenvalue weighted by Gasteiger charge is 2.22. The highest BCUT2D eigenvalue weighted by Crippen LogP contribution is 2.43. The van der Waals surface area contributed by atoms with Gasteiger partial charge in [-0.15, -0.1) is 0 Å². The number of hydrogen-bond acceptors (Lipinski definition) is 6. The van der Waals surface area contributed by atoms with Crippen molar-refractivity contribution in [1.29, 1.82) is 0 Å². The van der Waals surface area contributed by atoms with Crippen LogP contribution >= 0.6 is 0 Å². The Hall–Kier alpha value is -15.5. The molecule has 10 heteroatoms. The fourth-order valence-corrected chi connectivity index (χ4v) is 17.5. The van der Waals surface area contributed by atoms with Gasteiger partial charge in [0.2, 0.25) is 11.4 Å². The molecule has 8 aromatic heterocycles. The van der Waals surface area contributed by atoms with Gasteiger partial charge < -0.3 is 27.1 Å². The molecule has 0 amide bonds. The first kappa shape index (κ1) is 64.5. The number of rotatable bonds is 10.